The number of nitro benzene ring substituents is 2. The molecule has 0 radical (unpaired) electrons. The standard InChI is InChI=1S/C35H42N6O8/c1-5-38(6-2)30-16-14-26(32(22-30)40(44)45)20-28(24-36)34(42)48-18-12-10-9-11-13-19-49-35(43)29(25-37)21-27-15-17-31(39(7-3)8-4)23-33(27)41(46)47/h14-17,20-23H,5-13,18-19H2,1-4H3. The molecule has 0 aliphatic rings. The first kappa shape index (κ1) is 39.4. The molecule has 0 saturated heterocycles. The first-order valence-corrected chi connectivity index (χ1v) is 16.2. The normalized spacial score (nSPS) is 11.2. The van der Waals surface area contributed by atoms with Crippen LogP contribution in [-0.2, 0) is 19.1 Å². The first-order chi connectivity index (χ1) is 23.5. The van der Waals surface area contributed by atoms with Crippen LogP contribution in [-0.4, -0.2) is 61.2 Å². The lowest BCUT2D eigenvalue weighted by Gasteiger charge is -2.20. The average molecular weight is 675 g/mol. The minimum atomic E-state index is -0.872. The van der Waals surface area contributed by atoms with Gasteiger partial charge in [-0.2, -0.15) is 10.5 Å². The molecule has 0 N–H and O–H groups in total. The van der Waals surface area contributed by atoms with Gasteiger partial charge in [-0.1, -0.05) is 19.3 Å². The zero-order valence-electron chi connectivity index (χ0n) is 28.3. The lowest BCUT2D eigenvalue weighted by atomic mass is 10.1. The van der Waals surface area contributed by atoms with E-state index < -0.39 is 21.8 Å². The van der Waals surface area contributed by atoms with Crippen molar-refractivity contribution in [1.29, 1.82) is 10.5 Å². The number of benzene rings is 2. The van der Waals surface area contributed by atoms with Gasteiger partial charge in [0.05, 0.1) is 34.2 Å². The maximum atomic E-state index is 12.5. The van der Waals surface area contributed by atoms with Gasteiger partial charge in [-0.25, -0.2) is 9.59 Å². The molecule has 0 aliphatic heterocycles. The van der Waals surface area contributed by atoms with Crippen molar-refractivity contribution >= 4 is 46.8 Å². The van der Waals surface area contributed by atoms with E-state index in [0.717, 1.165) is 18.6 Å². The number of esters is 2. The molecule has 14 heteroatoms. The molecular formula is C35H42N6O8. The third-order valence-corrected chi connectivity index (χ3v) is 7.71. The summed E-state index contributed by atoms with van der Waals surface area (Å²) < 4.78 is 10.4. The van der Waals surface area contributed by atoms with Crippen LogP contribution >= 0.6 is 0 Å². The molecule has 0 aliphatic carbocycles. The Bertz CT molecular complexity index is 1510. The van der Waals surface area contributed by atoms with Crippen molar-refractivity contribution in [2.45, 2.75) is 59.8 Å². The van der Waals surface area contributed by atoms with E-state index in [1.54, 1.807) is 24.3 Å². The number of carbonyl (C=O) groups is 2. The molecule has 2 rings (SSSR count). The molecule has 0 unspecified atom stereocenters. The van der Waals surface area contributed by atoms with E-state index in [0.29, 0.717) is 63.2 Å². The Morgan fingerprint density at radius 2 is 1.02 bits per heavy atom. The summed E-state index contributed by atoms with van der Waals surface area (Å²) >= 11 is 0. The molecule has 0 heterocycles. The number of nitrogens with zero attached hydrogens (tertiary/aromatic N) is 6. The summed E-state index contributed by atoms with van der Waals surface area (Å²) in [6.07, 6.45) is 5.43. The van der Waals surface area contributed by atoms with Crippen molar-refractivity contribution in [2.75, 3.05) is 49.2 Å². The number of nitriles is 2. The van der Waals surface area contributed by atoms with Crippen LogP contribution in [0, 0.1) is 42.9 Å². The lowest BCUT2D eigenvalue weighted by molar-refractivity contribution is -0.385. The third-order valence-electron chi connectivity index (χ3n) is 7.71. The van der Waals surface area contributed by atoms with E-state index >= 15 is 0 Å². The molecule has 2 aromatic rings. The predicted octanol–water partition coefficient (Wildman–Crippen LogP) is 6.75. The number of anilines is 2. The second kappa shape index (κ2) is 20.5. The van der Waals surface area contributed by atoms with Crippen molar-refractivity contribution < 1.29 is 28.9 Å². The number of ether oxygens (including phenoxy) is 2. The van der Waals surface area contributed by atoms with Crippen LogP contribution in [0.1, 0.15) is 70.9 Å². The smallest absolute Gasteiger partial charge is 0.348 e. The summed E-state index contributed by atoms with van der Waals surface area (Å²) in [5, 5.41) is 42.3. The van der Waals surface area contributed by atoms with Gasteiger partial charge in [-0.15, -0.1) is 0 Å². The van der Waals surface area contributed by atoms with Crippen molar-refractivity contribution in [3.05, 3.63) is 78.9 Å². The van der Waals surface area contributed by atoms with Gasteiger partial charge in [-0.05, 0) is 77.0 Å². The van der Waals surface area contributed by atoms with Crippen molar-refractivity contribution in [3.63, 3.8) is 0 Å². The van der Waals surface area contributed by atoms with Crippen LogP contribution in [0.4, 0.5) is 22.7 Å². The van der Waals surface area contributed by atoms with Crippen LogP contribution in [0.2, 0.25) is 0 Å². The predicted molar refractivity (Wildman–Crippen MR) is 185 cm³/mol. The highest BCUT2D eigenvalue weighted by atomic mass is 16.6. The molecule has 0 atom stereocenters. The van der Waals surface area contributed by atoms with Gasteiger partial charge < -0.3 is 19.3 Å². The summed E-state index contributed by atoms with van der Waals surface area (Å²) in [5.74, 6) is -1.74. The Morgan fingerprint density at radius 1 is 0.673 bits per heavy atom. The fraction of sp³-hybridized carbons (Fsp3) is 0.429. The molecule has 0 amide bonds. The van der Waals surface area contributed by atoms with E-state index in [9.17, 15) is 40.3 Å². The molecule has 49 heavy (non-hydrogen) atoms. The summed E-state index contributed by atoms with van der Waals surface area (Å²) in [6, 6.07) is 12.8. The minimum absolute atomic E-state index is 0.0498. The number of hydrogen-bond donors (Lipinski definition) is 0. The lowest BCUT2D eigenvalue weighted by Crippen LogP contribution is -2.21. The number of nitro groups is 2. The Balaban J connectivity index is 1.83. The maximum Gasteiger partial charge on any atom is 0.348 e. The average Bonchev–Trinajstić information content (AvgIpc) is 3.10. The number of hydrogen-bond acceptors (Lipinski definition) is 12. The minimum Gasteiger partial charge on any atom is -0.462 e. The van der Waals surface area contributed by atoms with E-state index in [4.69, 9.17) is 9.47 Å². The molecule has 0 bridgehead atoms. The molecule has 14 nitrogen and oxygen atoms in total. The molecule has 0 aromatic heterocycles. The zero-order chi connectivity index (χ0) is 36.3. The van der Waals surface area contributed by atoms with E-state index in [2.05, 4.69) is 0 Å². The van der Waals surface area contributed by atoms with Gasteiger partial charge in [0, 0.05) is 49.7 Å². The van der Waals surface area contributed by atoms with Crippen molar-refractivity contribution in [1.82, 2.24) is 0 Å². The van der Waals surface area contributed by atoms with Gasteiger partial charge in [0.1, 0.15) is 23.3 Å². The Kier molecular flexibility index (Phi) is 16.5. The van der Waals surface area contributed by atoms with Crippen LogP contribution in [0.15, 0.2) is 47.5 Å². The Morgan fingerprint density at radius 3 is 1.33 bits per heavy atom. The Hall–Kier alpha value is -5.76. The van der Waals surface area contributed by atoms with Gasteiger partial charge in [0.2, 0.25) is 0 Å². The SMILES string of the molecule is CCN(CC)c1ccc(C=C(C#N)C(=O)OCCCCCCCOC(=O)C(C#N)=Cc2ccc(N(CC)CC)cc2[N+](=O)[O-])c([N+](=O)[O-])c1. The summed E-state index contributed by atoms with van der Waals surface area (Å²) in [5.41, 5.74) is 0.433. The molecule has 2 aromatic carbocycles. The highest BCUT2D eigenvalue weighted by Crippen LogP contribution is 2.29. The number of unbranched alkanes of at least 4 members (excludes halogenated alkanes) is 4. The van der Waals surface area contributed by atoms with Gasteiger partial charge in [-0.3, -0.25) is 20.2 Å². The Labute approximate surface area is 286 Å². The second-order valence-electron chi connectivity index (χ2n) is 10.7. The number of rotatable bonds is 20. The van der Waals surface area contributed by atoms with Gasteiger partial charge >= 0.3 is 11.9 Å². The van der Waals surface area contributed by atoms with Crippen LogP contribution < -0.4 is 9.80 Å². The van der Waals surface area contributed by atoms with E-state index in [-0.39, 0.29) is 46.9 Å². The van der Waals surface area contributed by atoms with Crippen LogP contribution in [0.3, 0.4) is 0 Å². The first-order valence-electron chi connectivity index (χ1n) is 16.2. The third kappa shape index (κ3) is 11.8. The van der Waals surface area contributed by atoms with Crippen LogP contribution in [0.5, 0.6) is 0 Å². The fourth-order valence-corrected chi connectivity index (χ4v) is 5.00. The van der Waals surface area contributed by atoms with Crippen molar-refractivity contribution in [2.24, 2.45) is 0 Å². The zero-order valence-corrected chi connectivity index (χ0v) is 28.3. The molecule has 260 valence electrons. The molecular weight excluding hydrogens is 632 g/mol. The molecule has 0 fully saturated rings. The fourth-order valence-electron chi connectivity index (χ4n) is 5.00. The van der Waals surface area contributed by atoms with E-state index in [1.165, 1.54) is 24.3 Å². The van der Waals surface area contributed by atoms with Crippen LogP contribution in [0.25, 0.3) is 12.2 Å². The maximum absolute atomic E-state index is 12.5. The quantitative estimate of drug-likeness (QED) is 0.0359. The van der Waals surface area contributed by atoms with Gasteiger partial charge in [0.25, 0.3) is 11.4 Å². The number of carbonyl (C=O) groups excluding carboxylic acids is 2. The summed E-state index contributed by atoms with van der Waals surface area (Å²) in [6.45, 7) is 10.5. The molecule has 0 spiro atoms. The van der Waals surface area contributed by atoms with Gasteiger partial charge in [0.15, 0.2) is 0 Å². The monoisotopic (exact) mass is 674 g/mol. The highest BCUT2D eigenvalue weighted by Gasteiger charge is 2.20. The molecule has 0 saturated carbocycles. The van der Waals surface area contributed by atoms with E-state index in [1.807, 2.05) is 37.5 Å². The highest BCUT2D eigenvalue weighted by molar-refractivity contribution is 5.99. The summed E-state index contributed by atoms with van der Waals surface area (Å²) in [4.78, 5) is 51.1. The van der Waals surface area contributed by atoms with Crippen molar-refractivity contribution in [3.8, 4) is 12.1 Å². The second-order valence-corrected chi connectivity index (χ2v) is 10.7. The largest absolute Gasteiger partial charge is 0.462 e. The topological polar surface area (TPSA) is 193 Å². The summed E-state index contributed by atoms with van der Waals surface area (Å²) in [7, 11) is 0.